The van der Waals surface area contributed by atoms with E-state index in [1.807, 2.05) is 30.3 Å². The summed E-state index contributed by atoms with van der Waals surface area (Å²) < 4.78 is 0. The molecule has 0 spiro atoms. The molecule has 0 fully saturated rings. The zero-order valence-electron chi connectivity index (χ0n) is 13.4. The summed E-state index contributed by atoms with van der Waals surface area (Å²) in [6.45, 7) is 2.18. The van der Waals surface area contributed by atoms with Gasteiger partial charge in [-0.2, -0.15) is 0 Å². The highest BCUT2D eigenvalue weighted by molar-refractivity contribution is 6.34. The van der Waals surface area contributed by atoms with Gasteiger partial charge in [0.25, 0.3) is 11.8 Å². The van der Waals surface area contributed by atoms with Gasteiger partial charge in [-0.25, -0.2) is 4.90 Å². The van der Waals surface area contributed by atoms with Crippen molar-refractivity contribution >= 4 is 17.5 Å². The SMILES string of the molecule is CCCCCCc1cccc2c1C(=O)N(c1ccccc1)C2=O. The topological polar surface area (TPSA) is 37.4 Å². The zero-order chi connectivity index (χ0) is 16.2. The van der Waals surface area contributed by atoms with Crippen molar-refractivity contribution in [3.05, 3.63) is 65.2 Å². The van der Waals surface area contributed by atoms with Gasteiger partial charge in [0.05, 0.1) is 16.8 Å². The molecule has 23 heavy (non-hydrogen) atoms. The number of anilines is 1. The molecule has 0 saturated heterocycles. The van der Waals surface area contributed by atoms with Crippen molar-refractivity contribution in [2.45, 2.75) is 39.0 Å². The lowest BCUT2D eigenvalue weighted by Gasteiger charge is -2.13. The van der Waals surface area contributed by atoms with Gasteiger partial charge in [0.15, 0.2) is 0 Å². The van der Waals surface area contributed by atoms with Crippen molar-refractivity contribution in [1.82, 2.24) is 0 Å². The normalized spacial score (nSPS) is 13.5. The molecule has 0 bridgehead atoms. The van der Waals surface area contributed by atoms with E-state index in [-0.39, 0.29) is 11.8 Å². The van der Waals surface area contributed by atoms with E-state index in [0.29, 0.717) is 16.8 Å². The third-order valence-corrected chi connectivity index (χ3v) is 4.32. The second-order valence-corrected chi connectivity index (χ2v) is 5.93. The standard InChI is InChI=1S/C20H21NO2/c1-2-3-4-6-10-15-11-9-14-17-18(15)20(23)21(19(17)22)16-12-7-5-8-13-16/h5,7-9,11-14H,2-4,6,10H2,1H3. The average Bonchev–Trinajstić information content (AvgIpc) is 2.84. The number of hydrogen-bond donors (Lipinski definition) is 0. The molecule has 0 saturated carbocycles. The Balaban J connectivity index is 1.89. The van der Waals surface area contributed by atoms with E-state index < -0.39 is 0 Å². The molecule has 3 rings (SSSR count). The summed E-state index contributed by atoms with van der Waals surface area (Å²) in [4.78, 5) is 26.8. The second kappa shape index (κ2) is 6.78. The van der Waals surface area contributed by atoms with E-state index in [4.69, 9.17) is 0 Å². The molecule has 118 valence electrons. The molecule has 2 amide bonds. The van der Waals surface area contributed by atoms with Crippen LogP contribution in [0, 0.1) is 0 Å². The minimum absolute atomic E-state index is 0.192. The summed E-state index contributed by atoms with van der Waals surface area (Å²) in [5, 5.41) is 0. The maximum atomic E-state index is 12.8. The third-order valence-electron chi connectivity index (χ3n) is 4.32. The van der Waals surface area contributed by atoms with Crippen molar-refractivity contribution in [1.29, 1.82) is 0 Å². The van der Waals surface area contributed by atoms with E-state index in [9.17, 15) is 9.59 Å². The number of aryl methyl sites for hydroxylation is 1. The van der Waals surface area contributed by atoms with Crippen molar-refractivity contribution in [3.63, 3.8) is 0 Å². The fraction of sp³-hybridized carbons (Fsp3) is 0.300. The molecule has 3 nitrogen and oxygen atoms in total. The van der Waals surface area contributed by atoms with Gasteiger partial charge < -0.3 is 0 Å². The molecule has 1 heterocycles. The second-order valence-electron chi connectivity index (χ2n) is 5.93. The van der Waals surface area contributed by atoms with Gasteiger partial charge in [-0.3, -0.25) is 9.59 Å². The van der Waals surface area contributed by atoms with Crippen molar-refractivity contribution in [3.8, 4) is 0 Å². The Kier molecular flexibility index (Phi) is 4.56. The quantitative estimate of drug-likeness (QED) is 0.577. The number of benzene rings is 2. The van der Waals surface area contributed by atoms with Gasteiger partial charge in [-0.1, -0.05) is 56.5 Å². The number of hydrogen-bond acceptors (Lipinski definition) is 2. The maximum Gasteiger partial charge on any atom is 0.266 e. The largest absolute Gasteiger partial charge is 0.268 e. The highest BCUT2D eigenvalue weighted by Crippen LogP contribution is 2.31. The summed E-state index contributed by atoms with van der Waals surface area (Å²) >= 11 is 0. The monoisotopic (exact) mass is 307 g/mol. The molecule has 1 aliphatic heterocycles. The molecule has 3 heteroatoms. The Labute approximate surface area is 136 Å². The van der Waals surface area contributed by atoms with Crippen LogP contribution in [-0.4, -0.2) is 11.8 Å². The van der Waals surface area contributed by atoms with Crippen LogP contribution in [0.5, 0.6) is 0 Å². The number of unbranched alkanes of at least 4 members (excludes halogenated alkanes) is 3. The molecule has 0 unspecified atom stereocenters. The van der Waals surface area contributed by atoms with E-state index in [1.165, 1.54) is 17.7 Å². The molecule has 0 radical (unpaired) electrons. The molecule has 0 N–H and O–H groups in total. The summed E-state index contributed by atoms with van der Waals surface area (Å²) in [5.74, 6) is -0.408. The van der Waals surface area contributed by atoms with Crippen LogP contribution >= 0.6 is 0 Å². The molecular formula is C20H21NO2. The summed E-state index contributed by atoms with van der Waals surface area (Å²) in [6.07, 6.45) is 5.46. The number of carbonyl (C=O) groups is 2. The lowest BCUT2D eigenvalue weighted by atomic mass is 9.98. The first-order valence-electron chi connectivity index (χ1n) is 8.29. The molecular weight excluding hydrogens is 286 g/mol. The Morgan fingerprint density at radius 2 is 1.61 bits per heavy atom. The maximum absolute atomic E-state index is 12.8. The molecule has 2 aromatic rings. The summed E-state index contributed by atoms with van der Waals surface area (Å²) in [6, 6.07) is 14.8. The van der Waals surface area contributed by atoms with Crippen LogP contribution in [-0.2, 0) is 6.42 Å². The van der Waals surface area contributed by atoms with Crippen LogP contribution in [0.25, 0.3) is 0 Å². The van der Waals surface area contributed by atoms with E-state index in [2.05, 4.69) is 6.92 Å². The number of amides is 2. The number of carbonyl (C=O) groups excluding carboxylic acids is 2. The van der Waals surface area contributed by atoms with Crippen molar-refractivity contribution in [2.24, 2.45) is 0 Å². The average molecular weight is 307 g/mol. The van der Waals surface area contributed by atoms with Crippen LogP contribution < -0.4 is 4.90 Å². The van der Waals surface area contributed by atoms with Gasteiger partial charge in [0, 0.05) is 0 Å². The van der Waals surface area contributed by atoms with Gasteiger partial charge in [0.2, 0.25) is 0 Å². The predicted molar refractivity (Wildman–Crippen MR) is 91.9 cm³/mol. The molecule has 0 aliphatic carbocycles. The number of nitrogens with zero attached hydrogens (tertiary/aromatic N) is 1. The highest BCUT2D eigenvalue weighted by Gasteiger charge is 2.37. The van der Waals surface area contributed by atoms with Gasteiger partial charge in [-0.15, -0.1) is 0 Å². The van der Waals surface area contributed by atoms with Crippen molar-refractivity contribution < 1.29 is 9.59 Å². The first kappa shape index (κ1) is 15.5. The Hall–Kier alpha value is -2.42. The number of para-hydroxylation sites is 1. The smallest absolute Gasteiger partial charge is 0.266 e. The number of fused-ring (bicyclic) bond motifs is 1. The van der Waals surface area contributed by atoms with Crippen LogP contribution in [0.15, 0.2) is 48.5 Å². The fourth-order valence-corrected chi connectivity index (χ4v) is 3.12. The Morgan fingerprint density at radius 1 is 0.826 bits per heavy atom. The zero-order valence-corrected chi connectivity index (χ0v) is 13.4. The number of rotatable bonds is 6. The number of imide groups is 1. The highest BCUT2D eigenvalue weighted by atomic mass is 16.2. The summed E-state index contributed by atoms with van der Waals surface area (Å²) in [7, 11) is 0. The van der Waals surface area contributed by atoms with Gasteiger partial charge in [-0.05, 0) is 36.6 Å². The fourth-order valence-electron chi connectivity index (χ4n) is 3.12. The molecule has 0 aromatic heterocycles. The Morgan fingerprint density at radius 3 is 2.35 bits per heavy atom. The van der Waals surface area contributed by atoms with E-state index in [0.717, 1.165) is 24.8 Å². The van der Waals surface area contributed by atoms with Crippen LogP contribution in [0.1, 0.15) is 58.9 Å². The lowest BCUT2D eigenvalue weighted by molar-refractivity contribution is 0.0926. The minimum Gasteiger partial charge on any atom is -0.268 e. The van der Waals surface area contributed by atoms with Crippen LogP contribution in [0.4, 0.5) is 5.69 Å². The van der Waals surface area contributed by atoms with Crippen LogP contribution in [0.2, 0.25) is 0 Å². The molecule has 1 aliphatic rings. The van der Waals surface area contributed by atoms with E-state index >= 15 is 0 Å². The minimum atomic E-state index is -0.216. The molecule has 2 aromatic carbocycles. The van der Waals surface area contributed by atoms with Crippen molar-refractivity contribution in [2.75, 3.05) is 4.90 Å². The first-order valence-corrected chi connectivity index (χ1v) is 8.29. The predicted octanol–water partition coefficient (Wildman–Crippen LogP) is 4.61. The first-order chi connectivity index (χ1) is 11.2. The van der Waals surface area contributed by atoms with E-state index in [1.54, 1.807) is 18.2 Å². The molecule has 0 atom stereocenters. The van der Waals surface area contributed by atoms with Gasteiger partial charge >= 0.3 is 0 Å². The summed E-state index contributed by atoms with van der Waals surface area (Å²) in [5.41, 5.74) is 2.76. The third kappa shape index (κ3) is 2.91. The van der Waals surface area contributed by atoms with Gasteiger partial charge in [0.1, 0.15) is 0 Å². The Bertz CT molecular complexity index is 722. The lowest BCUT2D eigenvalue weighted by Crippen LogP contribution is -2.29. The van der Waals surface area contributed by atoms with Crippen LogP contribution in [0.3, 0.4) is 0 Å².